The lowest BCUT2D eigenvalue weighted by molar-refractivity contribution is 0.354. The average Bonchev–Trinajstić information content (AvgIpc) is 2.83. The molecule has 19 heavy (non-hydrogen) atoms. The summed E-state index contributed by atoms with van der Waals surface area (Å²) < 4.78 is 15.8. The molecule has 0 aliphatic rings. The van der Waals surface area contributed by atoms with Gasteiger partial charge in [-0.3, -0.25) is 0 Å². The monoisotopic (exact) mass is 344 g/mol. The van der Waals surface area contributed by atoms with Gasteiger partial charge in [-0.25, -0.2) is 0 Å². The van der Waals surface area contributed by atoms with Gasteiger partial charge < -0.3 is 13.9 Å². The lowest BCUT2D eigenvalue weighted by Gasteiger charge is -2.15. The summed E-state index contributed by atoms with van der Waals surface area (Å²) in [6, 6.07) is 5.54. The molecule has 1 unspecified atom stereocenters. The number of rotatable bonds is 4. The molecule has 1 atom stereocenters. The van der Waals surface area contributed by atoms with Crippen molar-refractivity contribution in [2.75, 3.05) is 14.2 Å². The van der Waals surface area contributed by atoms with Gasteiger partial charge in [0.25, 0.3) is 0 Å². The first-order chi connectivity index (χ1) is 9.08. The minimum absolute atomic E-state index is 0.0569. The van der Waals surface area contributed by atoms with Crippen LogP contribution in [0.15, 0.2) is 28.9 Å². The molecule has 0 N–H and O–H groups in total. The predicted octanol–water partition coefficient (Wildman–Crippen LogP) is 4.74. The van der Waals surface area contributed by atoms with Crippen molar-refractivity contribution < 1.29 is 13.9 Å². The van der Waals surface area contributed by atoms with E-state index in [1.165, 1.54) is 0 Å². The van der Waals surface area contributed by atoms with Crippen LogP contribution >= 0.6 is 27.5 Å². The predicted molar refractivity (Wildman–Crippen MR) is 78.8 cm³/mol. The topological polar surface area (TPSA) is 31.6 Å². The third-order valence-corrected chi connectivity index (χ3v) is 4.26. The van der Waals surface area contributed by atoms with E-state index in [-0.39, 0.29) is 4.83 Å². The van der Waals surface area contributed by atoms with Crippen molar-refractivity contribution >= 4 is 27.5 Å². The molecule has 0 aliphatic heterocycles. The third kappa shape index (κ3) is 2.74. The number of alkyl halides is 1. The molecular formula is C14H14BrClO3. The van der Waals surface area contributed by atoms with E-state index in [4.69, 9.17) is 25.5 Å². The average molecular weight is 346 g/mol. The summed E-state index contributed by atoms with van der Waals surface area (Å²) in [5, 5.41) is 0.611. The van der Waals surface area contributed by atoms with Crippen molar-refractivity contribution in [3.05, 3.63) is 46.4 Å². The first-order valence-corrected chi connectivity index (χ1v) is 6.97. The highest BCUT2D eigenvalue weighted by Gasteiger charge is 2.20. The summed E-state index contributed by atoms with van der Waals surface area (Å²) in [5.41, 5.74) is 1.94. The Hall–Kier alpha value is -1.13. The fraction of sp³-hybridized carbons (Fsp3) is 0.286. The number of furan rings is 1. The quantitative estimate of drug-likeness (QED) is 0.750. The van der Waals surface area contributed by atoms with Crippen LogP contribution in [0.25, 0.3) is 0 Å². The van der Waals surface area contributed by atoms with E-state index in [1.807, 2.05) is 19.1 Å². The molecule has 1 aromatic carbocycles. The first-order valence-electron chi connectivity index (χ1n) is 5.68. The second-order valence-electron chi connectivity index (χ2n) is 4.02. The van der Waals surface area contributed by atoms with Gasteiger partial charge in [-0.1, -0.05) is 27.5 Å². The van der Waals surface area contributed by atoms with E-state index in [0.29, 0.717) is 16.5 Å². The van der Waals surface area contributed by atoms with Crippen molar-refractivity contribution in [3.8, 4) is 11.5 Å². The van der Waals surface area contributed by atoms with E-state index in [1.54, 1.807) is 26.5 Å². The van der Waals surface area contributed by atoms with Crippen LogP contribution in [0, 0.1) is 6.92 Å². The van der Waals surface area contributed by atoms with Crippen LogP contribution < -0.4 is 9.47 Å². The van der Waals surface area contributed by atoms with Crippen LogP contribution in [-0.2, 0) is 0 Å². The van der Waals surface area contributed by atoms with E-state index in [0.717, 1.165) is 16.9 Å². The van der Waals surface area contributed by atoms with Crippen LogP contribution in [-0.4, -0.2) is 14.2 Å². The van der Waals surface area contributed by atoms with Crippen molar-refractivity contribution in [1.29, 1.82) is 0 Å². The molecule has 0 saturated heterocycles. The molecule has 1 heterocycles. The zero-order chi connectivity index (χ0) is 14.0. The van der Waals surface area contributed by atoms with Crippen LogP contribution in [0.2, 0.25) is 5.02 Å². The number of benzene rings is 1. The molecule has 0 radical (unpaired) electrons. The van der Waals surface area contributed by atoms with Gasteiger partial charge in [0.1, 0.15) is 5.76 Å². The zero-order valence-electron chi connectivity index (χ0n) is 10.9. The summed E-state index contributed by atoms with van der Waals surface area (Å²) in [6.07, 6.45) is 1.66. The Morgan fingerprint density at radius 2 is 1.79 bits per heavy atom. The number of methoxy groups -OCH3 is 2. The van der Waals surface area contributed by atoms with Crippen LogP contribution in [0.4, 0.5) is 0 Å². The number of ether oxygens (including phenoxy) is 2. The molecule has 0 saturated carbocycles. The molecule has 2 aromatic rings. The largest absolute Gasteiger partial charge is 0.493 e. The fourth-order valence-electron chi connectivity index (χ4n) is 1.89. The highest BCUT2D eigenvalue weighted by Crippen LogP contribution is 2.42. The van der Waals surface area contributed by atoms with Gasteiger partial charge in [0, 0.05) is 16.7 Å². The lowest BCUT2D eigenvalue weighted by Crippen LogP contribution is -1.98. The van der Waals surface area contributed by atoms with Crippen molar-refractivity contribution in [2.45, 2.75) is 11.8 Å². The molecule has 2 rings (SSSR count). The maximum Gasteiger partial charge on any atom is 0.162 e. The molecule has 0 amide bonds. The molecule has 1 aromatic heterocycles. The van der Waals surface area contributed by atoms with Crippen molar-refractivity contribution in [1.82, 2.24) is 0 Å². The van der Waals surface area contributed by atoms with E-state index >= 15 is 0 Å². The molecule has 5 heteroatoms. The molecular weight excluding hydrogens is 332 g/mol. The normalized spacial score (nSPS) is 12.3. The van der Waals surface area contributed by atoms with Crippen LogP contribution in [0.1, 0.15) is 21.7 Å². The summed E-state index contributed by atoms with van der Waals surface area (Å²) >= 11 is 9.95. The summed E-state index contributed by atoms with van der Waals surface area (Å²) in [7, 11) is 3.18. The van der Waals surface area contributed by atoms with Gasteiger partial charge in [0.05, 0.1) is 25.3 Å². The smallest absolute Gasteiger partial charge is 0.162 e. The Labute approximate surface area is 125 Å². The summed E-state index contributed by atoms with van der Waals surface area (Å²) in [6.45, 7) is 1.91. The second kappa shape index (κ2) is 5.88. The van der Waals surface area contributed by atoms with Gasteiger partial charge in [0.15, 0.2) is 11.5 Å². The molecule has 0 spiro atoms. The molecule has 0 bridgehead atoms. The highest BCUT2D eigenvalue weighted by atomic mass is 79.9. The Morgan fingerprint density at radius 3 is 2.32 bits per heavy atom. The standard InChI is InChI=1S/C14H14BrClO3/c1-8-9(4-5-19-8)14(15)10-6-12(17-2)13(18-3)7-11(10)16/h4-7,14H,1-3H3. The van der Waals surface area contributed by atoms with Gasteiger partial charge in [0.2, 0.25) is 0 Å². The zero-order valence-corrected chi connectivity index (χ0v) is 13.2. The first kappa shape index (κ1) is 14.3. The number of hydrogen-bond donors (Lipinski definition) is 0. The fourth-order valence-corrected chi connectivity index (χ4v) is 3.14. The van der Waals surface area contributed by atoms with Crippen molar-refractivity contribution in [3.63, 3.8) is 0 Å². The van der Waals surface area contributed by atoms with Gasteiger partial charge in [-0.05, 0) is 24.6 Å². The van der Waals surface area contributed by atoms with Crippen LogP contribution in [0.3, 0.4) is 0 Å². The maximum absolute atomic E-state index is 6.31. The second-order valence-corrected chi connectivity index (χ2v) is 5.35. The summed E-state index contributed by atoms with van der Waals surface area (Å²) in [5.74, 6) is 2.11. The lowest BCUT2D eigenvalue weighted by atomic mass is 10.0. The SMILES string of the molecule is COc1cc(Cl)c(C(Br)c2ccoc2C)cc1OC. The van der Waals surface area contributed by atoms with Crippen molar-refractivity contribution in [2.24, 2.45) is 0 Å². The number of halogens is 2. The van der Waals surface area contributed by atoms with Gasteiger partial charge in [-0.15, -0.1) is 0 Å². The Balaban J connectivity index is 2.48. The Morgan fingerprint density at radius 1 is 1.16 bits per heavy atom. The van der Waals surface area contributed by atoms with E-state index in [2.05, 4.69) is 15.9 Å². The molecule has 0 aliphatic carbocycles. The summed E-state index contributed by atoms with van der Waals surface area (Å²) in [4.78, 5) is -0.0569. The molecule has 102 valence electrons. The van der Waals surface area contributed by atoms with Crippen LogP contribution in [0.5, 0.6) is 11.5 Å². The Kier molecular flexibility index (Phi) is 4.42. The number of aryl methyl sites for hydroxylation is 1. The third-order valence-electron chi connectivity index (χ3n) is 2.95. The highest BCUT2D eigenvalue weighted by molar-refractivity contribution is 9.09. The molecule has 3 nitrogen and oxygen atoms in total. The minimum Gasteiger partial charge on any atom is -0.493 e. The van der Waals surface area contributed by atoms with Gasteiger partial charge in [-0.2, -0.15) is 0 Å². The Bertz CT molecular complexity index is 580. The molecule has 0 fully saturated rings. The van der Waals surface area contributed by atoms with E-state index < -0.39 is 0 Å². The number of hydrogen-bond acceptors (Lipinski definition) is 3. The maximum atomic E-state index is 6.31. The van der Waals surface area contributed by atoms with E-state index in [9.17, 15) is 0 Å². The van der Waals surface area contributed by atoms with Gasteiger partial charge >= 0.3 is 0 Å². The minimum atomic E-state index is -0.0569.